The number of hydrogen-bond donors (Lipinski definition) is 1. The number of nitrogens with one attached hydrogen (secondary N) is 1. The van der Waals surface area contributed by atoms with Gasteiger partial charge in [0.15, 0.2) is 9.84 Å². The summed E-state index contributed by atoms with van der Waals surface area (Å²) in [6.45, 7) is 3.71. The van der Waals surface area contributed by atoms with Crippen LogP contribution < -0.4 is 10.1 Å². The molecule has 0 unspecified atom stereocenters. The molecular formula is C15H19NO4S. The van der Waals surface area contributed by atoms with Crippen molar-refractivity contribution in [2.45, 2.75) is 13.8 Å². The largest absolute Gasteiger partial charge is 0.481 e. The molecule has 0 heterocycles. The van der Waals surface area contributed by atoms with E-state index in [2.05, 4.69) is 11.2 Å². The molecule has 0 fully saturated rings. The van der Waals surface area contributed by atoms with Crippen LogP contribution in [0.15, 0.2) is 24.3 Å². The lowest BCUT2D eigenvalue weighted by Crippen LogP contribution is -2.26. The normalized spacial score (nSPS) is 11.0. The molecule has 0 spiro atoms. The second-order valence-electron chi connectivity index (χ2n) is 5.02. The lowest BCUT2D eigenvalue weighted by atomic mass is 10.3. The summed E-state index contributed by atoms with van der Waals surface area (Å²) < 4.78 is 28.7. The maximum Gasteiger partial charge on any atom is 0.239 e. The van der Waals surface area contributed by atoms with E-state index in [1.165, 1.54) is 0 Å². The van der Waals surface area contributed by atoms with Gasteiger partial charge in [-0.25, -0.2) is 8.42 Å². The highest BCUT2D eigenvalue weighted by molar-refractivity contribution is 7.92. The fourth-order valence-corrected chi connectivity index (χ4v) is 3.36. The zero-order valence-electron chi connectivity index (χ0n) is 12.1. The Hall–Kier alpha value is -2.00. The van der Waals surface area contributed by atoms with Crippen LogP contribution in [0.3, 0.4) is 0 Å². The first-order valence-electron chi connectivity index (χ1n) is 6.49. The summed E-state index contributed by atoms with van der Waals surface area (Å²) in [7, 11) is -3.39. The molecule has 0 aliphatic rings. The van der Waals surface area contributed by atoms with Gasteiger partial charge in [0.05, 0.1) is 5.75 Å². The van der Waals surface area contributed by atoms with Crippen LogP contribution in [0, 0.1) is 18.3 Å². The van der Waals surface area contributed by atoms with Crippen LogP contribution in [-0.4, -0.2) is 32.4 Å². The Bertz CT molecular complexity index is 629. The molecule has 1 rings (SSSR count). The molecule has 0 radical (unpaired) electrons. The first-order chi connectivity index (χ1) is 9.82. The third-order valence-corrected chi connectivity index (χ3v) is 4.25. The maximum atomic E-state index is 11.8. The Morgan fingerprint density at radius 3 is 2.76 bits per heavy atom. The van der Waals surface area contributed by atoms with E-state index >= 15 is 0 Å². The van der Waals surface area contributed by atoms with Gasteiger partial charge in [0.25, 0.3) is 0 Å². The predicted molar refractivity (Wildman–Crippen MR) is 82.9 cm³/mol. The van der Waals surface area contributed by atoms with Gasteiger partial charge in [0, 0.05) is 11.8 Å². The Kier molecular flexibility index (Phi) is 6.25. The lowest BCUT2D eigenvalue weighted by molar-refractivity contribution is -0.113. The number of sulfone groups is 1. The summed E-state index contributed by atoms with van der Waals surface area (Å²) in [5.41, 5.74) is 0.467. The summed E-state index contributed by atoms with van der Waals surface area (Å²) in [5, 5.41) is 2.54. The van der Waals surface area contributed by atoms with Gasteiger partial charge in [-0.3, -0.25) is 4.79 Å². The number of hydrogen-bond acceptors (Lipinski definition) is 4. The Morgan fingerprint density at radius 2 is 2.14 bits per heavy atom. The summed E-state index contributed by atoms with van der Waals surface area (Å²) in [5.74, 6) is 1.74. The van der Waals surface area contributed by atoms with Crippen molar-refractivity contribution in [1.82, 2.24) is 0 Å². The van der Waals surface area contributed by atoms with Crippen LogP contribution in [0.1, 0.15) is 13.8 Å². The smallest absolute Gasteiger partial charge is 0.239 e. The topological polar surface area (TPSA) is 72.5 Å². The van der Waals surface area contributed by atoms with Gasteiger partial charge in [-0.2, -0.15) is 0 Å². The lowest BCUT2D eigenvalue weighted by Gasteiger charge is -2.09. The van der Waals surface area contributed by atoms with Crippen molar-refractivity contribution in [3.05, 3.63) is 24.3 Å². The molecule has 1 aromatic carbocycles. The van der Waals surface area contributed by atoms with Crippen molar-refractivity contribution in [2.24, 2.45) is 5.92 Å². The number of rotatable bonds is 7. The molecule has 0 atom stereocenters. The van der Waals surface area contributed by atoms with Gasteiger partial charge in [0.1, 0.15) is 18.1 Å². The second kappa shape index (κ2) is 7.70. The number of terminal acetylenes is 1. The highest BCUT2D eigenvalue weighted by Crippen LogP contribution is 2.17. The highest BCUT2D eigenvalue weighted by Gasteiger charge is 2.18. The first-order valence-corrected chi connectivity index (χ1v) is 8.31. The van der Waals surface area contributed by atoms with Crippen LogP contribution >= 0.6 is 0 Å². The van der Waals surface area contributed by atoms with Gasteiger partial charge in [-0.05, 0) is 18.1 Å². The monoisotopic (exact) mass is 309 g/mol. The molecule has 0 aliphatic heterocycles. The van der Waals surface area contributed by atoms with E-state index in [1.54, 1.807) is 38.1 Å². The van der Waals surface area contributed by atoms with Gasteiger partial charge in [-0.15, -0.1) is 6.42 Å². The average molecular weight is 309 g/mol. The molecule has 1 N–H and O–H groups in total. The van der Waals surface area contributed by atoms with Gasteiger partial charge < -0.3 is 10.1 Å². The Balaban J connectivity index is 2.65. The van der Waals surface area contributed by atoms with Crippen molar-refractivity contribution < 1.29 is 17.9 Å². The first kappa shape index (κ1) is 17.1. The zero-order valence-corrected chi connectivity index (χ0v) is 12.9. The summed E-state index contributed by atoms with van der Waals surface area (Å²) in [4.78, 5) is 11.8. The van der Waals surface area contributed by atoms with Crippen LogP contribution in [0.5, 0.6) is 5.75 Å². The van der Waals surface area contributed by atoms with E-state index in [0.717, 1.165) is 0 Å². The molecule has 1 amide bonds. The Labute approximate surface area is 125 Å². The number of benzene rings is 1. The van der Waals surface area contributed by atoms with E-state index in [0.29, 0.717) is 11.4 Å². The molecule has 0 aliphatic carbocycles. The van der Waals surface area contributed by atoms with Crippen LogP contribution in [-0.2, 0) is 14.6 Å². The van der Waals surface area contributed by atoms with Gasteiger partial charge in [-0.1, -0.05) is 25.8 Å². The molecule has 5 nitrogen and oxygen atoms in total. The van der Waals surface area contributed by atoms with Crippen LogP contribution in [0.4, 0.5) is 5.69 Å². The van der Waals surface area contributed by atoms with E-state index in [9.17, 15) is 13.2 Å². The second-order valence-corrected chi connectivity index (χ2v) is 7.13. The van der Waals surface area contributed by atoms with Gasteiger partial charge in [0.2, 0.25) is 5.91 Å². The fraction of sp³-hybridized carbons (Fsp3) is 0.400. The highest BCUT2D eigenvalue weighted by atomic mass is 32.2. The fourth-order valence-electron chi connectivity index (χ4n) is 1.75. The van der Waals surface area contributed by atoms with Gasteiger partial charge >= 0.3 is 0 Å². The zero-order chi connectivity index (χ0) is 15.9. The van der Waals surface area contributed by atoms with E-state index < -0.39 is 21.5 Å². The minimum atomic E-state index is -3.39. The molecule has 0 aromatic heterocycles. The van der Waals surface area contributed by atoms with Crippen molar-refractivity contribution >= 4 is 21.4 Å². The van der Waals surface area contributed by atoms with Crippen molar-refractivity contribution in [1.29, 1.82) is 0 Å². The number of carbonyl (C=O) groups excluding carboxylic acids is 1. The molecule has 6 heteroatoms. The summed E-state index contributed by atoms with van der Waals surface area (Å²) in [6.07, 6.45) is 5.09. The number of anilines is 1. The third-order valence-electron chi connectivity index (χ3n) is 2.38. The average Bonchev–Trinajstić information content (AvgIpc) is 2.34. The van der Waals surface area contributed by atoms with Crippen molar-refractivity contribution in [3.8, 4) is 18.1 Å². The minimum Gasteiger partial charge on any atom is -0.481 e. The Morgan fingerprint density at radius 1 is 1.43 bits per heavy atom. The van der Waals surface area contributed by atoms with Crippen molar-refractivity contribution in [3.63, 3.8) is 0 Å². The minimum absolute atomic E-state index is 0.00819. The number of amides is 1. The standard InChI is InChI=1S/C15H19NO4S/c1-4-8-20-14-7-5-6-13(9-14)16-15(17)11-21(18,19)10-12(2)3/h1,5-7,9,12H,8,10-11H2,2-3H3,(H,16,17). The van der Waals surface area contributed by atoms with Crippen LogP contribution in [0.2, 0.25) is 0 Å². The molecule has 0 saturated carbocycles. The molecule has 1 aromatic rings. The number of ether oxygens (including phenoxy) is 1. The van der Waals surface area contributed by atoms with Crippen molar-refractivity contribution in [2.75, 3.05) is 23.4 Å². The van der Waals surface area contributed by atoms with E-state index in [4.69, 9.17) is 11.2 Å². The molecular weight excluding hydrogens is 290 g/mol. The maximum absolute atomic E-state index is 11.8. The van der Waals surface area contributed by atoms with Crippen LogP contribution in [0.25, 0.3) is 0 Å². The van der Waals surface area contributed by atoms with E-state index in [-0.39, 0.29) is 18.3 Å². The summed E-state index contributed by atoms with van der Waals surface area (Å²) in [6, 6.07) is 6.62. The SMILES string of the molecule is C#CCOc1cccc(NC(=O)CS(=O)(=O)CC(C)C)c1. The number of carbonyl (C=O) groups is 1. The molecule has 0 bridgehead atoms. The molecule has 0 saturated heterocycles. The summed E-state index contributed by atoms with van der Waals surface area (Å²) >= 11 is 0. The predicted octanol–water partition coefficient (Wildman–Crippen LogP) is 1.71. The molecule has 21 heavy (non-hydrogen) atoms. The third kappa shape index (κ3) is 6.82. The quantitative estimate of drug-likeness (QED) is 0.778. The van der Waals surface area contributed by atoms with E-state index in [1.807, 2.05) is 0 Å². The molecule has 114 valence electrons.